The zero-order valence-electron chi connectivity index (χ0n) is 13.2. The number of thiophene rings is 1. The van der Waals surface area contributed by atoms with Crippen molar-refractivity contribution in [3.05, 3.63) is 34.2 Å². The molecule has 0 bridgehead atoms. The number of esters is 1. The largest absolute Gasteiger partial charge is 0.451 e. The number of fused-ring (bicyclic) bond motifs is 1. The Morgan fingerprint density at radius 1 is 1.25 bits per heavy atom. The van der Waals surface area contributed by atoms with Crippen LogP contribution in [-0.4, -0.2) is 37.0 Å². The first-order valence-electron chi connectivity index (χ1n) is 7.36. The van der Waals surface area contributed by atoms with Gasteiger partial charge in [0, 0.05) is 16.6 Å². The number of rotatable bonds is 6. The summed E-state index contributed by atoms with van der Waals surface area (Å²) < 4.78 is 5.83. The van der Waals surface area contributed by atoms with E-state index >= 15 is 0 Å². The van der Waals surface area contributed by atoms with Gasteiger partial charge in [-0.25, -0.2) is 0 Å². The average Bonchev–Trinajstić information content (AvgIpc) is 2.90. The van der Waals surface area contributed by atoms with Crippen molar-refractivity contribution in [1.82, 2.24) is 10.6 Å². The third-order valence-corrected chi connectivity index (χ3v) is 4.84. The van der Waals surface area contributed by atoms with Crippen molar-refractivity contribution in [3.8, 4) is 0 Å². The molecule has 6 nitrogen and oxygen atoms in total. The molecule has 0 radical (unpaired) electrons. The van der Waals surface area contributed by atoms with Crippen LogP contribution in [0, 0.1) is 0 Å². The van der Waals surface area contributed by atoms with Gasteiger partial charge in [0.15, 0.2) is 6.10 Å². The molecule has 1 heterocycles. The molecule has 24 heavy (non-hydrogen) atoms. The van der Waals surface area contributed by atoms with Gasteiger partial charge in [0.05, 0.1) is 5.02 Å². The number of likely N-dealkylation sites (N-methyl/N-ethyl adjacent to an activating group) is 1. The van der Waals surface area contributed by atoms with Crippen LogP contribution in [0.25, 0.3) is 10.1 Å². The van der Waals surface area contributed by atoms with Crippen LogP contribution in [0.3, 0.4) is 0 Å². The highest BCUT2D eigenvalue weighted by Crippen LogP contribution is 2.34. The third-order valence-electron chi connectivity index (χ3n) is 3.16. The lowest BCUT2D eigenvalue weighted by Gasteiger charge is -2.12. The van der Waals surface area contributed by atoms with Gasteiger partial charge in [0.25, 0.3) is 11.8 Å². The second-order valence-electron chi connectivity index (χ2n) is 4.95. The van der Waals surface area contributed by atoms with Gasteiger partial charge in [0.2, 0.25) is 0 Å². The first kappa shape index (κ1) is 18.2. The van der Waals surface area contributed by atoms with Gasteiger partial charge in [-0.1, -0.05) is 29.8 Å². The normalized spacial score (nSPS) is 11.8. The second kappa shape index (κ2) is 8.12. The standard InChI is InChI=1S/C16H17ClN2O4S/c1-3-18-15(21)9(2)23-12(20)8-19-16(22)14-13(17)10-6-4-5-7-11(10)24-14/h4-7,9H,3,8H2,1-2H3,(H,18,21)(H,19,22)/t9-/m0/s1. The summed E-state index contributed by atoms with van der Waals surface area (Å²) >= 11 is 7.46. The summed E-state index contributed by atoms with van der Waals surface area (Å²) in [5, 5.41) is 6.15. The SMILES string of the molecule is CCNC(=O)[C@H](C)OC(=O)CNC(=O)c1sc2ccccc2c1Cl. The van der Waals surface area contributed by atoms with E-state index in [2.05, 4.69) is 10.6 Å². The van der Waals surface area contributed by atoms with E-state index < -0.39 is 18.0 Å². The number of benzene rings is 1. The van der Waals surface area contributed by atoms with Crippen LogP contribution in [0.1, 0.15) is 23.5 Å². The smallest absolute Gasteiger partial charge is 0.326 e. The van der Waals surface area contributed by atoms with E-state index in [4.69, 9.17) is 16.3 Å². The monoisotopic (exact) mass is 368 g/mol. The van der Waals surface area contributed by atoms with E-state index in [9.17, 15) is 14.4 Å². The Bertz CT molecular complexity index is 775. The summed E-state index contributed by atoms with van der Waals surface area (Å²) in [5.41, 5.74) is 0. The van der Waals surface area contributed by atoms with Crippen LogP contribution >= 0.6 is 22.9 Å². The van der Waals surface area contributed by atoms with E-state index in [0.29, 0.717) is 16.4 Å². The Labute approximate surface area is 148 Å². The average molecular weight is 369 g/mol. The van der Waals surface area contributed by atoms with Crippen LogP contribution in [0.4, 0.5) is 0 Å². The molecule has 0 fully saturated rings. The fourth-order valence-electron chi connectivity index (χ4n) is 2.00. The third kappa shape index (κ3) is 4.24. The van der Waals surface area contributed by atoms with Crippen molar-refractivity contribution in [3.63, 3.8) is 0 Å². The van der Waals surface area contributed by atoms with Crippen LogP contribution in [0.15, 0.2) is 24.3 Å². The van der Waals surface area contributed by atoms with Crippen LogP contribution in [0.2, 0.25) is 5.02 Å². The molecule has 1 aromatic carbocycles. The minimum atomic E-state index is -0.915. The Morgan fingerprint density at radius 3 is 2.62 bits per heavy atom. The van der Waals surface area contributed by atoms with Crippen LogP contribution < -0.4 is 10.6 Å². The molecular formula is C16H17ClN2O4S. The van der Waals surface area contributed by atoms with Crippen molar-refractivity contribution in [2.24, 2.45) is 0 Å². The lowest BCUT2D eigenvalue weighted by molar-refractivity contribution is -0.153. The molecule has 128 valence electrons. The number of carbonyl (C=O) groups excluding carboxylic acids is 3. The summed E-state index contributed by atoms with van der Waals surface area (Å²) in [6, 6.07) is 7.39. The molecule has 2 amide bonds. The molecule has 1 aromatic heterocycles. The van der Waals surface area contributed by atoms with Gasteiger partial charge in [-0.05, 0) is 19.9 Å². The molecular weight excluding hydrogens is 352 g/mol. The van der Waals surface area contributed by atoms with E-state index in [1.165, 1.54) is 18.3 Å². The summed E-state index contributed by atoms with van der Waals surface area (Å²) in [7, 11) is 0. The van der Waals surface area contributed by atoms with Gasteiger partial charge >= 0.3 is 5.97 Å². The number of carbonyl (C=O) groups is 3. The summed E-state index contributed by atoms with van der Waals surface area (Å²) in [4.78, 5) is 35.7. The Morgan fingerprint density at radius 2 is 1.96 bits per heavy atom. The first-order chi connectivity index (χ1) is 11.4. The second-order valence-corrected chi connectivity index (χ2v) is 6.38. The van der Waals surface area contributed by atoms with Crippen molar-refractivity contribution >= 4 is 50.8 Å². The van der Waals surface area contributed by atoms with Crippen molar-refractivity contribution in [1.29, 1.82) is 0 Å². The molecule has 2 aromatic rings. The van der Waals surface area contributed by atoms with E-state index in [0.717, 1.165) is 10.1 Å². The molecule has 0 saturated heterocycles. The zero-order valence-corrected chi connectivity index (χ0v) is 14.8. The Hall–Kier alpha value is -2.12. The predicted octanol–water partition coefficient (Wildman–Crippen LogP) is 2.35. The fraction of sp³-hybridized carbons (Fsp3) is 0.312. The molecule has 0 aliphatic heterocycles. The number of ether oxygens (including phenoxy) is 1. The molecule has 0 unspecified atom stereocenters. The lowest BCUT2D eigenvalue weighted by atomic mass is 10.2. The Kier molecular flexibility index (Phi) is 6.16. The van der Waals surface area contributed by atoms with Gasteiger partial charge in [-0.2, -0.15) is 0 Å². The van der Waals surface area contributed by atoms with Crippen molar-refractivity contribution in [2.45, 2.75) is 20.0 Å². The maximum absolute atomic E-state index is 12.2. The predicted molar refractivity (Wildman–Crippen MR) is 93.4 cm³/mol. The Balaban J connectivity index is 1.93. The number of hydrogen-bond acceptors (Lipinski definition) is 5. The zero-order chi connectivity index (χ0) is 17.7. The molecule has 0 aliphatic rings. The molecule has 2 N–H and O–H groups in total. The maximum Gasteiger partial charge on any atom is 0.326 e. The number of nitrogens with one attached hydrogen (secondary N) is 2. The van der Waals surface area contributed by atoms with Crippen LogP contribution in [-0.2, 0) is 14.3 Å². The van der Waals surface area contributed by atoms with Gasteiger partial charge in [-0.15, -0.1) is 11.3 Å². The summed E-state index contributed by atoms with van der Waals surface area (Å²) in [6.07, 6.45) is -0.915. The van der Waals surface area contributed by atoms with Gasteiger partial charge in [-0.3, -0.25) is 14.4 Å². The number of hydrogen-bond donors (Lipinski definition) is 2. The molecule has 0 aliphatic carbocycles. The number of halogens is 1. The van der Waals surface area contributed by atoms with E-state index in [1.807, 2.05) is 24.3 Å². The van der Waals surface area contributed by atoms with E-state index in [-0.39, 0.29) is 12.5 Å². The van der Waals surface area contributed by atoms with E-state index in [1.54, 1.807) is 6.92 Å². The highest BCUT2D eigenvalue weighted by atomic mass is 35.5. The van der Waals surface area contributed by atoms with Crippen LogP contribution in [0.5, 0.6) is 0 Å². The fourth-order valence-corrected chi connectivity index (χ4v) is 3.44. The minimum absolute atomic E-state index is 0.336. The molecule has 2 rings (SSSR count). The number of amides is 2. The first-order valence-corrected chi connectivity index (χ1v) is 8.56. The summed E-state index contributed by atoms with van der Waals surface area (Å²) in [6.45, 7) is 3.34. The van der Waals surface area contributed by atoms with Crippen molar-refractivity contribution in [2.75, 3.05) is 13.1 Å². The van der Waals surface area contributed by atoms with Gasteiger partial charge < -0.3 is 15.4 Å². The summed E-state index contributed by atoms with van der Waals surface area (Å²) in [5.74, 6) is -1.53. The molecule has 8 heteroatoms. The molecule has 1 atom stereocenters. The highest BCUT2D eigenvalue weighted by molar-refractivity contribution is 7.21. The highest BCUT2D eigenvalue weighted by Gasteiger charge is 2.20. The van der Waals surface area contributed by atoms with Crippen molar-refractivity contribution < 1.29 is 19.1 Å². The minimum Gasteiger partial charge on any atom is -0.451 e. The lowest BCUT2D eigenvalue weighted by Crippen LogP contribution is -2.38. The maximum atomic E-state index is 12.2. The van der Waals surface area contributed by atoms with Gasteiger partial charge in [0.1, 0.15) is 11.4 Å². The molecule has 0 saturated carbocycles. The molecule has 0 spiro atoms. The topological polar surface area (TPSA) is 84.5 Å². The quantitative estimate of drug-likeness (QED) is 0.766.